The topological polar surface area (TPSA) is 63.6 Å². The Morgan fingerprint density at radius 3 is 2.50 bits per heavy atom. The summed E-state index contributed by atoms with van der Waals surface area (Å²) in [7, 11) is 0. The molecule has 0 aliphatic carbocycles. The molecule has 0 fully saturated rings. The Hall–Kier alpha value is -1.32. The van der Waals surface area contributed by atoms with E-state index in [1.165, 1.54) is 0 Å². The van der Waals surface area contributed by atoms with Crippen molar-refractivity contribution in [2.75, 3.05) is 6.61 Å². The maximum atomic E-state index is 10.8. The number of rotatable bonds is 6. The molecule has 0 rings (SSSR count). The molecule has 0 saturated carbocycles. The molecule has 0 unspecified atom stereocenters. The molecule has 0 spiro atoms. The first-order valence-electron chi connectivity index (χ1n) is 4.60. The SMILES string of the molecule is CC(C)CCCOC(=O)/C=C\C(=O)O. The molecule has 0 aromatic rings. The number of carboxylic acids is 1. The van der Waals surface area contributed by atoms with Gasteiger partial charge in [-0.25, -0.2) is 9.59 Å². The smallest absolute Gasteiger partial charge is 0.331 e. The molecule has 0 aliphatic heterocycles. The Kier molecular flexibility index (Phi) is 6.45. The highest BCUT2D eigenvalue weighted by Crippen LogP contribution is 2.03. The Morgan fingerprint density at radius 1 is 1.36 bits per heavy atom. The molecule has 14 heavy (non-hydrogen) atoms. The first-order valence-corrected chi connectivity index (χ1v) is 4.60. The zero-order valence-corrected chi connectivity index (χ0v) is 8.53. The number of ether oxygens (including phenoxy) is 1. The van der Waals surface area contributed by atoms with Gasteiger partial charge in [0.15, 0.2) is 0 Å². The fourth-order valence-electron chi connectivity index (χ4n) is 0.852. The summed E-state index contributed by atoms with van der Waals surface area (Å²) in [5, 5.41) is 8.21. The monoisotopic (exact) mass is 200 g/mol. The second-order valence-corrected chi connectivity index (χ2v) is 3.38. The van der Waals surface area contributed by atoms with Gasteiger partial charge in [-0.05, 0) is 18.8 Å². The largest absolute Gasteiger partial charge is 0.478 e. The average molecular weight is 200 g/mol. The van der Waals surface area contributed by atoms with Crippen LogP contribution in [0.1, 0.15) is 26.7 Å². The molecule has 0 aromatic carbocycles. The van der Waals surface area contributed by atoms with E-state index in [-0.39, 0.29) is 0 Å². The van der Waals surface area contributed by atoms with Gasteiger partial charge in [0.2, 0.25) is 0 Å². The van der Waals surface area contributed by atoms with Gasteiger partial charge in [-0.3, -0.25) is 0 Å². The molecule has 80 valence electrons. The Balaban J connectivity index is 3.50. The van der Waals surface area contributed by atoms with Crippen LogP contribution in [-0.4, -0.2) is 23.7 Å². The summed E-state index contributed by atoms with van der Waals surface area (Å²) in [6.07, 6.45) is 3.49. The maximum Gasteiger partial charge on any atom is 0.331 e. The lowest BCUT2D eigenvalue weighted by Gasteiger charge is -2.03. The molecule has 0 amide bonds. The summed E-state index contributed by atoms with van der Waals surface area (Å²) in [5.41, 5.74) is 0. The van der Waals surface area contributed by atoms with Gasteiger partial charge < -0.3 is 9.84 Å². The number of aliphatic carboxylic acids is 1. The van der Waals surface area contributed by atoms with E-state index >= 15 is 0 Å². The van der Waals surface area contributed by atoms with E-state index in [9.17, 15) is 9.59 Å². The van der Waals surface area contributed by atoms with Gasteiger partial charge in [-0.2, -0.15) is 0 Å². The number of carbonyl (C=O) groups excluding carboxylic acids is 1. The molecular weight excluding hydrogens is 184 g/mol. The fraction of sp³-hybridized carbons (Fsp3) is 0.600. The minimum atomic E-state index is -1.15. The minimum Gasteiger partial charge on any atom is -0.478 e. The van der Waals surface area contributed by atoms with Crippen molar-refractivity contribution in [2.45, 2.75) is 26.7 Å². The van der Waals surface area contributed by atoms with E-state index in [0.717, 1.165) is 25.0 Å². The minimum absolute atomic E-state index is 0.348. The van der Waals surface area contributed by atoms with Gasteiger partial charge in [0.05, 0.1) is 6.61 Å². The first kappa shape index (κ1) is 12.7. The van der Waals surface area contributed by atoms with Crippen molar-refractivity contribution in [1.82, 2.24) is 0 Å². The lowest BCUT2D eigenvalue weighted by atomic mass is 10.1. The number of carbonyl (C=O) groups is 2. The summed E-state index contributed by atoms with van der Waals surface area (Å²) < 4.78 is 4.75. The maximum absolute atomic E-state index is 10.8. The highest BCUT2D eigenvalue weighted by atomic mass is 16.5. The summed E-state index contributed by atoms with van der Waals surface area (Å²) in [4.78, 5) is 20.8. The van der Waals surface area contributed by atoms with Crippen molar-refractivity contribution < 1.29 is 19.4 Å². The molecular formula is C10H16O4. The zero-order valence-electron chi connectivity index (χ0n) is 8.53. The van der Waals surface area contributed by atoms with Crippen LogP contribution in [0.5, 0.6) is 0 Å². The Labute approximate surface area is 83.6 Å². The van der Waals surface area contributed by atoms with E-state index in [4.69, 9.17) is 9.84 Å². The van der Waals surface area contributed by atoms with Crippen molar-refractivity contribution in [1.29, 1.82) is 0 Å². The quantitative estimate of drug-likeness (QED) is 0.402. The molecule has 4 nitrogen and oxygen atoms in total. The highest BCUT2D eigenvalue weighted by Gasteiger charge is 1.99. The van der Waals surface area contributed by atoms with Crippen LogP contribution in [0, 0.1) is 5.92 Å². The fourth-order valence-corrected chi connectivity index (χ4v) is 0.852. The molecule has 0 heterocycles. The van der Waals surface area contributed by atoms with Gasteiger partial charge in [-0.1, -0.05) is 13.8 Å². The zero-order chi connectivity index (χ0) is 11.0. The van der Waals surface area contributed by atoms with E-state index in [1.54, 1.807) is 0 Å². The lowest BCUT2D eigenvalue weighted by molar-refractivity contribution is -0.138. The molecule has 1 N–H and O–H groups in total. The normalized spacial score (nSPS) is 10.8. The van der Waals surface area contributed by atoms with Gasteiger partial charge in [0.1, 0.15) is 0 Å². The predicted octanol–water partition coefficient (Wildman–Crippen LogP) is 1.61. The molecule has 0 radical (unpaired) electrons. The average Bonchev–Trinajstić information content (AvgIpc) is 2.08. The van der Waals surface area contributed by atoms with Crippen molar-refractivity contribution in [3.8, 4) is 0 Å². The summed E-state index contributed by atoms with van der Waals surface area (Å²) in [6, 6.07) is 0. The molecule has 0 aliphatic rings. The van der Waals surface area contributed by atoms with Crippen LogP contribution >= 0.6 is 0 Å². The van der Waals surface area contributed by atoms with E-state index in [1.807, 2.05) is 0 Å². The third-order valence-electron chi connectivity index (χ3n) is 1.53. The van der Waals surface area contributed by atoms with Crippen molar-refractivity contribution >= 4 is 11.9 Å². The van der Waals surface area contributed by atoms with Gasteiger partial charge in [0, 0.05) is 12.2 Å². The standard InChI is InChI=1S/C10H16O4/c1-8(2)4-3-7-14-10(13)6-5-9(11)12/h5-6,8H,3-4,7H2,1-2H3,(H,11,12)/b6-5-. The molecule has 0 atom stereocenters. The van der Waals surface area contributed by atoms with Crippen LogP contribution in [0.3, 0.4) is 0 Å². The first-order chi connectivity index (χ1) is 6.52. The predicted molar refractivity (Wildman–Crippen MR) is 51.8 cm³/mol. The summed E-state index contributed by atoms with van der Waals surface area (Å²) in [5.74, 6) is -1.16. The van der Waals surface area contributed by atoms with Crippen LogP contribution in [0.15, 0.2) is 12.2 Å². The van der Waals surface area contributed by atoms with E-state index in [2.05, 4.69) is 13.8 Å². The molecule has 0 saturated heterocycles. The Morgan fingerprint density at radius 2 is 2.00 bits per heavy atom. The van der Waals surface area contributed by atoms with Gasteiger partial charge >= 0.3 is 11.9 Å². The van der Waals surface area contributed by atoms with Gasteiger partial charge in [-0.15, -0.1) is 0 Å². The van der Waals surface area contributed by atoms with Crippen LogP contribution in [0.25, 0.3) is 0 Å². The van der Waals surface area contributed by atoms with Crippen LogP contribution < -0.4 is 0 Å². The number of hydrogen-bond donors (Lipinski definition) is 1. The van der Waals surface area contributed by atoms with Gasteiger partial charge in [0.25, 0.3) is 0 Å². The van der Waals surface area contributed by atoms with Crippen LogP contribution in [0.2, 0.25) is 0 Å². The van der Waals surface area contributed by atoms with E-state index in [0.29, 0.717) is 12.5 Å². The van der Waals surface area contributed by atoms with Crippen LogP contribution in [0.4, 0.5) is 0 Å². The molecule has 0 aromatic heterocycles. The lowest BCUT2D eigenvalue weighted by Crippen LogP contribution is -2.04. The third-order valence-corrected chi connectivity index (χ3v) is 1.53. The van der Waals surface area contributed by atoms with Crippen molar-refractivity contribution in [3.63, 3.8) is 0 Å². The second kappa shape index (κ2) is 7.12. The number of carboxylic acid groups (broad SMARTS) is 1. The Bertz CT molecular complexity index is 218. The summed E-state index contributed by atoms with van der Waals surface area (Å²) >= 11 is 0. The number of esters is 1. The highest BCUT2D eigenvalue weighted by molar-refractivity contribution is 5.90. The van der Waals surface area contributed by atoms with Crippen molar-refractivity contribution in [2.24, 2.45) is 5.92 Å². The molecule has 0 bridgehead atoms. The summed E-state index contributed by atoms with van der Waals surface area (Å²) in [6.45, 7) is 4.53. The number of hydrogen-bond acceptors (Lipinski definition) is 3. The van der Waals surface area contributed by atoms with Crippen LogP contribution in [-0.2, 0) is 14.3 Å². The van der Waals surface area contributed by atoms with E-state index < -0.39 is 11.9 Å². The van der Waals surface area contributed by atoms with Crippen molar-refractivity contribution in [3.05, 3.63) is 12.2 Å². The second-order valence-electron chi connectivity index (χ2n) is 3.38. The third kappa shape index (κ3) is 8.77. The molecule has 4 heteroatoms.